The zero-order valence-electron chi connectivity index (χ0n) is 18.9. The molecular formula is C23H28N6O3S. The minimum absolute atomic E-state index is 0.294. The number of nitrogens with two attached hydrogens (primary N) is 2. The highest BCUT2D eigenvalue weighted by molar-refractivity contribution is 7.98. The minimum Gasteiger partial charge on any atom is -0.494 e. The van der Waals surface area contributed by atoms with Crippen molar-refractivity contribution in [3.05, 3.63) is 47.9 Å². The Kier molecular flexibility index (Phi) is 6.83. The molecule has 0 unspecified atom stereocenters. The SMILES string of the molecule is CCOc1cccc(-c2nc(N)c(/C=C(\N)NSC3CC3)n2-c2c(OC)cccc2OC)n1. The Labute approximate surface area is 197 Å². The van der Waals surface area contributed by atoms with Gasteiger partial charge in [-0.2, -0.15) is 0 Å². The summed E-state index contributed by atoms with van der Waals surface area (Å²) in [5.41, 5.74) is 14.5. The molecule has 33 heavy (non-hydrogen) atoms. The van der Waals surface area contributed by atoms with Gasteiger partial charge in [-0.1, -0.05) is 12.1 Å². The molecule has 0 aliphatic heterocycles. The topological polar surface area (TPSA) is 122 Å². The molecular weight excluding hydrogens is 440 g/mol. The number of methoxy groups -OCH3 is 2. The van der Waals surface area contributed by atoms with Crippen molar-refractivity contribution < 1.29 is 14.2 Å². The molecule has 2 heterocycles. The van der Waals surface area contributed by atoms with Crippen LogP contribution in [0.15, 0.2) is 42.2 Å². The van der Waals surface area contributed by atoms with Gasteiger partial charge in [-0.05, 0) is 49.9 Å². The number of nitrogens with zero attached hydrogens (tertiary/aromatic N) is 3. The van der Waals surface area contributed by atoms with Crippen LogP contribution in [0, 0.1) is 0 Å². The van der Waals surface area contributed by atoms with Crippen molar-refractivity contribution in [3.8, 4) is 34.6 Å². The number of anilines is 1. The molecule has 4 rings (SSSR count). The van der Waals surface area contributed by atoms with Crippen molar-refractivity contribution in [1.82, 2.24) is 19.3 Å². The molecule has 10 heteroatoms. The van der Waals surface area contributed by atoms with E-state index in [1.807, 2.05) is 41.8 Å². The van der Waals surface area contributed by atoms with Crippen LogP contribution in [0.1, 0.15) is 25.5 Å². The first-order valence-electron chi connectivity index (χ1n) is 10.6. The van der Waals surface area contributed by atoms with Crippen molar-refractivity contribution in [2.75, 3.05) is 26.6 Å². The maximum Gasteiger partial charge on any atom is 0.213 e. The van der Waals surface area contributed by atoms with Gasteiger partial charge in [0.25, 0.3) is 0 Å². The molecule has 0 bridgehead atoms. The normalized spacial score (nSPS) is 13.6. The zero-order valence-corrected chi connectivity index (χ0v) is 19.7. The summed E-state index contributed by atoms with van der Waals surface area (Å²) in [6.45, 7) is 2.41. The fourth-order valence-corrected chi connectivity index (χ4v) is 4.05. The van der Waals surface area contributed by atoms with Crippen LogP contribution in [0.25, 0.3) is 23.3 Å². The highest BCUT2D eigenvalue weighted by Crippen LogP contribution is 2.39. The molecule has 0 spiro atoms. The molecule has 2 aromatic heterocycles. The zero-order chi connectivity index (χ0) is 23.4. The van der Waals surface area contributed by atoms with E-state index in [1.165, 1.54) is 12.8 Å². The monoisotopic (exact) mass is 468 g/mol. The van der Waals surface area contributed by atoms with Gasteiger partial charge in [0.2, 0.25) is 5.88 Å². The van der Waals surface area contributed by atoms with Gasteiger partial charge < -0.3 is 30.4 Å². The Morgan fingerprint density at radius 1 is 1.15 bits per heavy atom. The first kappa shape index (κ1) is 22.7. The standard InChI is InChI=1S/C23H28N6O3S/c1-4-32-20-10-5-7-15(26-20)23-27-22(25)16(13-19(24)28-33-14-11-12-14)29(23)21-17(30-2)8-6-9-18(21)31-3/h5-10,13-14,28H,4,11-12,24-25H2,1-3H3/b19-13+. The fourth-order valence-electron chi connectivity index (χ4n) is 3.32. The van der Waals surface area contributed by atoms with E-state index in [0.717, 1.165) is 0 Å². The summed E-state index contributed by atoms with van der Waals surface area (Å²) in [5.74, 6) is 2.93. The van der Waals surface area contributed by atoms with Crippen LogP contribution in [-0.4, -0.2) is 40.6 Å². The predicted molar refractivity (Wildman–Crippen MR) is 131 cm³/mol. The number of para-hydroxylation sites is 1. The molecule has 0 saturated heterocycles. The molecule has 1 aromatic carbocycles. The molecule has 0 atom stereocenters. The van der Waals surface area contributed by atoms with Gasteiger partial charge >= 0.3 is 0 Å². The number of aromatic nitrogens is 3. The Hall–Kier alpha value is -3.53. The van der Waals surface area contributed by atoms with Crippen LogP contribution in [-0.2, 0) is 0 Å². The van der Waals surface area contributed by atoms with Crippen LogP contribution < -0.4 is 30.4 Å². The second kappa shape index (κ2) is 9.95. The second-order valence-electron chi connectivity index (χ2n) is 7.37. The smallest absolute Gasteiger partial charge is 0.213 e. The highest BCUT2D eigenvalue weighted by atomic mass is 32.2. The summed E-state index contributed by atoms with van der Waals surface area (Å²) < 4.78 is 22.0. The molecule has 1 saturated carbocycles. The van der Waals surface area contributed by atoms with Gasteiger partial charge in [0, 0.05) is 17.4 Å². The first-order valence-corrected chi connectivity index (χ1v) is 11.5. The van der Waals surface area contributed by atoms with E-state index in [0.29, 0.717) is 63.8 Å². The van der Waals surface area contributed by atoms with Crippen molar-refractivity contribution in [1.29, 1.82) is 0 Å². The summed E-state index contributed by atoms with van der Waals surface area (Å²) in [7, 11) is 3.20. The first-order chi connectivity index (χ1) is 16.0. The van der Waals surface area contributed by atoms with Crippen molar-refractivity contribution in [3.63, 3.8) is 0 Å². The highest BCUT2D eigenvalue weighted by Gasteiger charge is 2.25. The summed E-state index contributed by atoms with van der Waals surface area (Å²) >= 11 is 1.61. The number of benzene rings is 1. The van der Waals surface area contributed by atoms with E-state index in [9.17, 15) is 0 Å². The molecule has 1 fully saturated rings. The van der Waals surface area contributed by atoms with E-state index in [1.54, 1.807) is 38.3 Å². The largest absolute Gasteiger partial charge is 0.494 e. The van der Waals surface area contributed by atoms with Crippen molar-refractivity contribution in [2.24, 2.45) is 5.73 Å². The second-order valence-corrected chi connectivity index (χ2v) is 8.47. The average Bonchev–Trinajstić information content (AvgIpc) is 3.61. The van der Waals surface area contributed by atoms with Gasteiger partial charge in [0.15, 0.2) is 11.6 Å². The van der Waals surface area contributed by atoms with Gasteiger partial charge in [-0.15, -0.1) is 0 Å². The molecule has 1 aliphatic carbocycles. The van der Waals surface area contributed by atoms with Gasteiger partial charge in [-0.25, -0.2) is 9.97 Å². The van der Waals surface area contributed by atoms with E-state index in [4.69, 9.17) is 25.7 Å². The molecule has 5 N–H and O–H groups in total. The lowest BCUT2D eigenvalue weighted by molar-refractivity contribution is 0.327. The van der Waals surface area contributed by atoms with E-state index >= 15 is 0 Å². The van der Waals surface area contributed by atoms with E-state index < -0.39 is 0 Å². The summed E-state index contributed by atoms with van der Waals surface area (Å²) in [4.78, 5) is 9.26. The third-order valence-corrected chi connectivity index (χ3v) is 6.13. The van der Waals surface area contributed by atoms with Crippen LogP contribution in [0.5, 0.6) is 17.4 Å². The maximum absolute atomic E-state index is 6.41. The number of hydrogen-bond acceptors (Lipinski definition) is 9. The van der Waals surface area contributed by atoms with Crippen molar-refractivity contribution >= 4 is 23.8 Å². The number of nitrogen functional groups attached to an aromatic ring is 1. The van der Waals surface area contributed by atoms with Gasteiger partial charge in [0.1, 0.15) is 28.7 Å². The number of pyridine rings is 1. The Bertz CT molecular complexity index is 1140. The van der Waals surface area contributed by atoms with Crippen LogP contribution in [0.3, 0.4) is 0 Å². The average molecular weight is 469 g/mol. The lowest BCUT2D eigenvalue weighted by atomic mass is 10.2. The lowest BCUT2D eigenvalue weighted by Gasteiger charge is -2.18. The number of imidazole rings is 1. The number of nitrogens with one attached hydrogen (secondary N) is 1. The Morgan fingerprint density at radius 2 is 1.85 bits per heavy atom. The maximum atomic E-state index is 6.41. The minimum atomic E-state index is 0.294. The van der Waals surface area contributed by atoms with Gasteiger partial charge in [0.05, 0.1) is 26.5 Å². The van der Waals surface area contributed by atoms with Gasteiger partial charge in [-0.3, -0.25) is 4.57 Å². The van der Waals surface area contributed by atoms with Crippen LogP contribution in [0.2, 0.25) is 0 Å². The molecule has 0 radical (unpaired) electrons. The quantitative estimate of drug-likeness (QED) is 0.383. The molecule has 3 aromatic rings. The third kappa shape index (κ3) is 4.95. The Balaban J connectivity index is 1.92. The number of ether oxygens (including phenoxy) is 3. The molecule has 174 valence electrons. The molecule has 1 aliphatic rings. The van der Waals surface area contributed by atoms with Crippen LogP contribution >= 0.6 is 11.9 Å². The summed E-state index contributed by atoms with van der Waals surface area (Å²) in [6, 6.07) is 11.1. The molecule has 0 amide bonds. The summed E-state index contributed by atoms with van der Waals surface area (Å²) in [5, 5.41) is 0.592. The predicted octanol–water partition coefficient (Wildman–Crippen LogP) is 3.59. The molecule has 9 nitrogen and oxygen atoms in total. The van der Waals surface area contributed by atoms with E-state index in [-0.39, 0.29) is 0 Å². The number of hydrogen-bond donors (Lipinski definition) is 3. The summed E-state index contributed by atoms with van der Waals surface area (Å²) in [6.07, 6.45) is 4.14. The lowest BCUT2D eigenvalue weighted by Crippen LogP contribution is -2.14. The third-order valence-electron chi connectivity index (χ3n) is 4.97. The Morgan fingerprint density at radius 3 is 2.48 bits per heavy atom. The fraction of sp³-hybridized carbons (Fsp3) is 0.304. The van der Waals surface area contributed by atoms with E-state index in [2.05, 4.69) is 14.7 Å². The number of rotatable bonds is 10. The van der Waals surface area contributed by atoms with Crippen molar-refractivity contribution in [2.45, 2.75) is 25.0 Å². The van der Waals surface area contributed by atoms with Crippen LogP contribution in [0.4, 0.5) is 5.82 Å².